The molecule has 2 N–H and O–H groups in total. The summed E-state index contributed by atoms with van der Waals surface area (Å²) in [5.41, 5.74) is 2.46. The van der Waals surface area contributed by atoms with Crippen molar-refractivity contribution in [3.05, 3.63) is 52.1 Å². The number of benzene rings is 1. The molecule has 0 fully saturated rings. The Kier molecular flexibility index (Phi) is 3.49. The Balaban J connectivity index is 1.92. The zero-order valence-corrected chi connectivity index (χ0v) is 12.9. The monoisotopic (exact) mass is 303 g/mol. The largest absolute Gasteiger partial charge is 0.350 e. The Morgan fingerprint density at radius 2 is 2.10 bits per heavy atom. The zero-order chi connectivity index (χ0) is 15.0. The Hall–Kier alpha value is -1.81. The van der Waals surface area contributed by atoms with Gasteiger partial charge in [0.15, 0.2) is 0 Å². The van der Waals surface area contributed by atoms with E-state index in [1.807, 2.05) is 24.3 Å². The van der Waals surface area contributed by atoms with Crippen molar-refractivity contribution in [2.75, 3.05) is 6.54 Å². The first-order valence-corrected chi connectivity index (χ1v) is 7.42. The first-order valence-electron chi connectivity index (χ1n) is 7.04. The molecule has 5 heteroatoms. The summed E-state index contributed by atoms with van der Waals surface area (Å²) < 4.78 is 0. The van der Waals surface area contributed by atoms with Crippen molar-refractivity contribution >= 4 is 17.5 Å². The molecule has 0 bridgehead atoms. The molecular formula is C16H18ClN3O. The van der Waals surface area contributed by atoms with Crippen molar-refractivity contribution in [1.82, 2.24) is 15.3 Å². The summed E-state index contributed by atoms with van der Waals surface area (Å²) >= 11 is 6.18. The van der Waals surface area contributed by atoms with Gasteiger partial charge in [0.05, 0.1) is 0 Å². The minimum Gasteiger partial charge on any atom is -0.350 e. The number of hydrogen-bond donors (Lipinski definition) is 2. The molecular weight excluding hydrogens is 286 g/mol. The van der Waals surface area contributed by atoms with E-state index in [1.165, 1.54) is 0 Å². The number of aromatic amines is 1. The minimum atomic E-state index is -0.0998. The number of nitrogens with one attached hydrogen (secondary N) is 2. The van der Waals surface area contributed by atoms with Gasteiger partial charge in [0, 0.05) is 23.7 Å². The van der Waals surface area contributed by atoms with Gasteiger partial charge >= 0.3 is 0 Å². The second-order valence-corrected chi connectivity index (χ2v) is 6.71. The van der Waals surface area contributed by atoms with Gasteiger partial charge in [-0.1, -0.05) is 43.6 Å². The lowest BCUT2D eigenvalue weighted by Gasteiger charge is -2.21. The molecule has 4 nitrogen and oxygen atoms in total. The first kappa shape index (κ1) is 14.1. The number of amides is 1. The summed E-state index contributed by atoms with van der Waals surface area (Å²) in [7, 11) is 0. The molecule has 0 saturated carbocycles. The van der Waals surface area contributed by atoms with Crippen molar-refractivity contribution in [3.63, 3.8) is 0 Å². The van der Waals surface area contributed by atoms with Crippen molar-refractivity contribution in [1.29, 1.82) is 0 Å². The average Bonchev–Trinajstić information content (AvgIpc) is 2.76. The number of carbonyl (C=O) groups is 1. The minimum absolute atomic E-state index is 0.0229. The standard InChI is InChI=1S/C16H18ClN3O/c1-16(2)8-12-14(15(21)18-9-16)20-13(19-12)7-10-5-3-4-6-11(10)17/h3-6H,7-9H2,1-2H3,(H,18,21)(H,19,20). The van der Waals surface area contributed by atoms with Crippen LogP contribution in [-0.2, 0) is 12.8 Å². The number of fused-ring (bicyclic) bond motifs is 1. The molecule has 1 aliphatic heterocycles. The smallest absolute Gasteiger partial charge is 0.271 e. The van der Waals surface area contributed by atoms with Gasteiger partial charge in [0.2, 0.25) is 0 Å². The first-order chi connectivity index (χ1) is 9.94. The van der Waals surface area contributed by atoms with E-state index in [-0.39, 0.29) is 11.3 Å². The number of aromatic nitrogens is 2. The van der Waals surface area contributed by atoms with Crippen LogP contribution in [0.3, 0.4) is 0 Å². The van der Waals surface area contributed by atoms with Crippen LogP contribution in [0.25, 0.3) is 0 Å². The zero-order valence-electron chi connectivity index (χ0n) is 12.2. The number of carbonyl (C=O) groups excluding carboxylic acids is 1. The molecule has 2 heterocycles. The van der Waals surface area contributed by atoms with Crippen LogP contribution in [-0.4, -0.2) is 22.4 Å². The van der Waals surface area contributed by atoms with Crippen LogP contribution in [0.4, 0.5) is 0 Å². The van der Waals surface area contributed by atoms with Gasteiger partial charge in [-0.05, 0) is 23.5 Å². The van der Waals surface area contributed by atoms with Gasteiger partial charge in [-0.2, -0.15) is 0 Å². The van der Waals surface area contributed by atoms with E-state index >= 15 is 0 Å². The highest BCUT2D eigenvalue weighted by Gasteiger charge is 2.29. The fraction of sp³-hybridized carbons (Fsp3) is 0.375. The third-order valence-corrected chi connectivity index (χ3v) is 4.11. The molecule has 0 radical (unpaired) electrons. The van der Waals surface area contributed by atoms with Crippen molar-refractivity contribution < 1.29 is 4.79 Å². The predicted octanol–water partition coefficient (Wildman–Crippen LogP) is 2.97. The lowest BCUT2D eigenvalue weighted by Crippen LogP contribution is -2.32. The van der Waals surface area contributed by atoms with E-state index in [4.69, 9.17) is 11.6 Å². The maximum absolute atomic E-state index is 12.1. The van der Waals surface area contributed by atoms with Gasteiger partial charge in [-0.15, -0.1) is 0 Å². The fourth-order valence-electron chi connectivity index (χ4n) is 2.63. The summed E-state index contributed by atoms with van der Waals surface area (Å²) in [6.45, 7) is 4.93. The average molecular weight is 304 g/mol. The molecule has 0 aliphatic carbocycles. The molecule has 21 heavy (non-hydrogen) atoms. The summed E-state index contributed by atoms with van der Waals surface area (Å²) in [6.07, 6.45) is 1.40. The normalized spacial score (nSPS) is 17.0. The molecule has 1 aromatic carbocycles. The Bertz CT molecular complexity index is 691. The van der Waals surface area contributed by atoms with Crippen molar-refractivity contribution in [2.24, 2.45) is 5.41 Å². The second-order valence-electron chi connectivity index (χ2n) is 6.30. The van der Waals surface area contributed by atoms with Gasteiger partial charge in [-0.3, -0.25) is 4.79 Å². The number of nitrogens with zero attached hydrogens (tertiary/aromatic N) is 1. The molecule has 0 spiro atoms. The van der Waals surface area contributed by atoms with Gasteiger partial charge in [-0.25, -0.2) is 4.98 Å². The Morgan fingerprint density at radius 1 is 1.33 bits per heavy atom. The highest BCUT2D eigenvalue weighted by atomic mass is 35.5. The van der Waals surface area contributed by atoms with Crippen LogP contribution in [0.15, 0.2) is 24.3 Å². The molecule has 1 aromatic heterocycles. The van der Waals surface area contributed by atoms with E-state index in [0.29, 0.717) is 23.7 Å². The van der Waals surface area contributed by atoms with E-state index in [1.54, 1.807) is 0 Å². The molecule has 2 aromatic rings. The SMILES string of the molecule is CC1(C)CNC(=O)c2nc(Cc3ccccc3Cl)[nH]c2C1. The number of hydrogen-bond acceptors (Lipinski definition) is 2. The number of halogens is 1. The topological polar surface area (TPSA) is 57.8 Å². The second kappa shape index (κ2) is 5.19. The van der Waals surface area contributed by atoms with Gasteiger partial charge < -0.3 is 10.3 Å². The lowest BCUT2D eigenvalue weighted by molar-refractivity contribution is 0.0940. The fourth-order valence-corrected chi connectivity index (χ4v) is 2.83. The lowest BCUT2D eigenvalue weighted by atomic mass is 9.88. The molecule has 1 aliphatic rings. The van der Waals surface area contributed by atoms with Gasteiger partial charge in [0.25, 0.3) is 5.91 Å². The van der Waals surface area contributed by atoms with E-state index in [0.717, 1.165) is 23.5 Å². The highest BCUT2D eigenvalue weighted by Crippen LogP contribution is 2.26. The summed E-state index contributed by atoms with van der Waals surface area (Å²) in [5, 5.41) is 3.65. The summed E-state index contributed by atoms with van der Waals surface area (Å²) in [6, 6.07) is 7.69. The van der Waals surface area contributed by atoms with Crippen LogP contribution in [0.2, 0.25) is 5.02 Å². The molecule has 110 valence electrons. The molecule has 0 saturated heterocycles. The van der Waals surface area contributed by atoms with Crippen LogP contribution < -0.4 is 5.32 Å². The van der Waals surface area contributed by atoms with Crippen LogP contribution in [0, 0.1) is 5.41 Å². The molecule has 1 amide bonds. The van der Waals surface area contributed by atoms with E-state index in [2.05, 4.69) is 29.1 Å². The summed E-state index contributed by atoms with van der Waals surface area (Å²) in [4.78, 5) is 19.9. The summed E-state index contributed by atoms with van der Waals surface area (Å²) in [5.74, 6) is 0.679. The Labute approximate surface area is 128 Å². The van der Waals surface area contributed by atoms with Gasteiger partial charge in [0.1, 0.15) is 11.5 Å². The molecule has 3 rings (SSSR count). The maximum atomic E-state index is 12.1. The van der Waals surface area contributed by atoms with Crippen LogP contribution in [0.5, 0.6) is 0 Å². The number of imidazole rings is 1. The van der Waals surface area contributed by atoms with E-state index in [9.17, 15) is 4.79 Å². The third kappa shape index (κ3) is 2.95. The van der Waals surface area contributed by atoms with Crippen molar-refractivity contribution in [2.45, 2.75) is 26.7 Å². The third-order valence-electron chi connectivity index (χ3n) is 3.74. The van der Waals surface area contributed by atoms with Crippen LogP contribution >= 0.6 is 11.6 Å². The quantitative estimate of drug-likeness (QED) is 0.896. The molecule has 0 unspecified atom stereocenters. The number of H-pyrrole nitrogens is 1. The predicted molar refractivity (Wildman–Crippen MR) is 82.7 cm³/mol. The van der Waals surface area contributed by atoms with E-state index < -0.39 is 0 Å². The number of rotatable bonds is 2. The maximum Gasteiger partial charge on any atom is 0.271 e. The highest BCUT2D eigenvalue weighted by molar-refractivity contribution is 6.31. The van der Waals surface area contributed by atoms with Crippen LogP contribution in [0.1, 0.15) is 41.4 Å². The molecule has 0 atom stereocenters. The van der Waals surface area contributed by atoms with Crippen molar-refractivity contribution in [3.8, 4) is 0 Å². The Morgan fingerprint density at radius 3 is 2.86 bits per heavy atom.